The first-order valence-corrected chi connectivity index (χ1v) is 14.6. The Balaban J connectivity index is 1.54. The van der Waals surface area contributed by atoms with Crippen LogP contribution in [0.5, 0.6) is 5.75 Å². The maximum absolute atomic E-state index is 13.5. The van der Waals surface area contributed by atoms with E-state index in [0.717, 1.165) is 12.8 Å². The fraction of sp³-hybridized carbons (Fsp3) is 0.273. The quantitative estimate of drug-likeness (QED) is 0.211. The largest absolute Gasteiger partial charge is 0.507 e. The minimum absolute atomic E-state index is 0.00488. The zero-order valence-electron chi connectivity index (χ0n) is 24.0. The van der Waals surface area contributed by atoms with Gasteiger partial charge in [-0.25, -0.2) is 4.98 Å². The molecule has 3 heterocycles. The Kier molecular flexibility index (Phi) is 7.87. The summed E-state index contributed by atoms with van der Waals surface area (Å²) in [6.07, 6.45) is 1.59. The first kappa shape index (κ1) is 29.0. The Hall–Kier alpha value is -4.52. The standard InChI is InChI=1S/C33H33N5O3S/c1-32(2)17-22(18-33(3,4)38-32)35-30(40)21-10-7-9-20(15-21)24-16-26(23-11-5-6-12-27(23)39)36-29(25(24)19-34)37-31(41)28-13-8-14-42-28/h5-16,22,38-39H,17-18H2,1-4H3,(H,35,40)(H,36,37,41). The number of thiophene rings is 1. The number of pyridine rings is 1. The molecule has 4 aromatic rings. The normalized spacial score (nSPS) is 15.9. The number of hydrogen-bond acceptors (Lipinski definition) is 7. The zero-order valence-corrected chi connectivity index (χ0v) is 24.8. The lowest BCUT2D eigenvalue weighted by atomic mass is 9.79. The number of anilines is 1. The molecule has 8 nitrogen and oxygen atoms in total. The molecule has 2 aromatic heterocycles. The summed E-state index contributed by atoms with van der Waals surface area (Å²) in [5.41, 5.74) is 2.27. The lowest BCUT2D eigenvalue weighted by Gasteiger charge is -2.46. The van der Waals surface area contributed by atoms with Crippen LogP contribution in [0.4, 0.5) is 5.82 Å². The predicted octanol–water partition coefficient (Wildman–Crippen LogP) is 6.35. The highest BCUT2D eigenvalue weighted by atomic mass is 32.1. The number of aromatic hydroxyl groups is 1. The van der Waals surface area contributed by atoms with Crippen molar-refractivity contribution in [2.75, 3.05) is 5.32 Å². The van der Waals surface area contributed by atoms with Crippen LogP contribution in [0.3, 0.4) is 0 Å². The highest BCUT2D eigenvalue weighted by Crippen LogP contribution is 2.36. The first-order valence-electron chi connectivity index (χ1n) is 13.7. The third-order valence-electron chi connectivity index (χ3n) is 7.25. The second-order valence-electron chi connectivity index (χ2n) is 11.9. The van der Waals surface area contributed by atoms with E-state index >= 15 is 0 Å². The average Bonchev–Trinajstić information content (AvgIpc) is 3.47. The van der Waals surface area contributed by atoms with Crippen molar-refractivity contribution in [3.05, 3.63) is 88.1 Å². The summed E-state index contributed by atoms with van der Waals surface area (Å²) >= 11 is 1.28. The van der Waals surface area contributed by atoms with Crippen LogP contribution >= 0.6 is 11.3 Å². The van der Waals surface area contributed by atoms with E-state index < -0.39 is 5.91 Å². The van der Waals surface area contributed by atoms with Crippen molar-refractivity contribution < 1.29 is 14.7 Å². The third-order valence-corrected chi connectivity index (χ3v) is 8.12. The number of para-hydroxylation sites is 1. The van der Waals surface area contributed by atoms with Gasteiger partial charge >= 0.3 is 0 Å². The van der Waals surface area contributed by atoms with Crippen LogP contribution in [0.1, 0.15) is 66.1 Å². The monoisotopic (exact) mass is 579 g/mol. The van der Waals surface area contributed by atoms with E-state index in [1.165, 1.54) is 11.3 Å². The van der Waals surface area contributed by atoms with Crippen LogP contribution in [0, 0.1) is 11.3 Å². The molecule has 214 valence electrons. The minimum Gasteiger partial charge on any atom is -0.507 e. The molecule has 2 aromatic carbocycles. The Morgan fingerprint density at radius 2 is 1.71 bits per heavy atom. The summed E-state index contributed by atoms with van der Waals surface area (Å²) in [5.74, 6) is -0.511. The van der Waals surface area contributed by atoms with Gasteiger partial charge in [0.05, 0.1) is 10.6 Å². The van der Waals surface area contributed by atoms with Gasteiger partial charge in [0, 0.05) is 33.8 Å². The lowest BCUT2D eigenvalue weighted by molar-refractivity contribution is 0.0872. The van der Waals surface area contributed by atoms with Crippen LogP contribution in [-0.2, 0) is 0 Å². The highest BCUT2D eigenvalue weighted by molar-refractivity contribution is 7.12. The van der Waals surface area contributed by atoms with E-state index in [1.807, 2.05) is 6.07 Å². The van der Waals surface area contributed by atoms with Gasteiger partial charge in [0.15, 0.2) is 5.82 Å². The molecule has 0 radical (unpaired) electrons. The molecule has 2 amide bonds. The zero-order chi connectivity index (χ0) is 30.1. The van der Waals surface area contributed by atoms with Crippen molar-refractivity contribution in [2.45, 2.75) is 57.7 Å². The van der Waals surface area contributed by atoms with Crippen molar-refractivity contribution >= 4 is 29.0 Å². The van der Waals surface area contributed by atoms with Crippen LogP contribution in [0.25, 0.3) is 22.4 Å². The highest BCUT2D eigenvalue weighted by Gasteiger charge is 2.38. The molecule has 9 heteroatoms. The molecule has 0 unspecified atom stereocenters. The molecule has 0 spiro atoms. The van der Waals surface area contributed by atoms with E-state index in [1.54, 1.807) is 66.0 Å². The van der Waals surface area contributed by atoms with Gasteiger partial charge in [0.2, 0.25) is 0 Å². The van der Waals surface area contributed by atoms with E-state index in [-0.39, 0.29) is 40.2 Å². The van der Waals surface area contributed by atoms with Crippen molar-refractivity contribution in [3.8, 4) is 34.2 Å². The van der Waals surface area contributed by atoms with Crippen molar-refractivity contribution in [3.63, 3.8) is 0 Å². The first-order chi connectivity index (χ1) is 19.9. The third kappa shape index (κ3) is 6.35. The maximum Gasteiger partial charge on any atom is 0.266 e. The number of phenols is 1. The number of amides is 2. The van der Waals surface area contributed by atoms with Crippen LogP contribution in [0.15, 0.2) is 72.1 Å². The number of nitrogens with zero attached hydrogens (tertiary/aromatic N) is 2. The number of nitriles is 1. The molecule has 1 aliphatic heterocycles. The number of phenolic OH excluding ortho intramolecular Hbond substituents is 1. The SMILES string of the molecule is CC1(C)CC(NC(=O)c2cccc(-c3cc(-c4ccccc4O)nc(NC(=O)c4cccs4)c3C#N)c2)CC(C)(C)N1. The van der Waals surface area contributed by atoms with Gasteiger partial charge in [-0.05, 0) is 87.9 Å². The number of carbonyl (C=O) groups is 2. The smallest absolute Gasteiger partial charge is 0.266 e. The van der Waals surface area contributed by atoms with E-state index in [0.29, 0.717) is 32.8 Å². The second-order valence-corrected chi connectivity index (χ2v) is 12.8. The summed E-state index contributed by atoms with van der Waals surface area (Å²) in [6.45, 7) is 8.55. The van der Waals surface area contributed by atoms with Gasteiger partial charge in [0.1, 0.15) is 17.4 Å². The van der Waals surface area contributed by atoms with Crippen molar-refractivity contribution in [1.82, 2.24) is 15.6 Å². The molecule has 4 N–H and O–H groups in total. The topological polar surface area (TPSA) is 127 Å². The number of benzene rings is 2. The molecule has 1 saturated heterocycles. The number of hydrogen-bond donors (Lipinski definition) is 4. The summed E-state index contributed by atoms with van der Waals surface area (Å²) in [7, 11) is 0. The number of carbonyl (C=O) groups excluding carboxylic acids is 2. The van der Waals surface area contributed by atoms with Gasteiger partial charge < -0.3 is 21.1 Å². The van der Waals surface area contributed by atoms with Crippen LogP contribution < -0.4 is 16.0 Å². The number of rotatable bonds is 6. The number of aromatic nitrogens is 1. The summed E-state index contributed by atoms with van der Waals surface area (Å²) < 4.78 is 0. The number of piperidine rings is 1. The molecule has 42 heavy (non-hydrogen) atoms. The number of nitrogens with one attached hydrogen (secondary N) is 3. The molecule has 1 aliphatic rings. The Morgan fingerprint density at radius 3 is 2.38 bits per heavy atom. The van der Waals surface area contributed by atoms with Crippen LogP contribution in [-0.4, -0.2) is 39.0 Å². The van der Waals surface area contributed by atoms with Gasteiger partial charge in [-0.3, -0.25) is 9.59 Å². The Labute approximate surface area is 249 Å². The molecule has 0 aliphatic carbocycles. The summed E-state index contributed by atoms with van der Waals surface area (Å²) in [6, 6.07) is 21.1. The molecule has 0 saturated carbocycles. The van der Waals surface area contributed by atoms with Gasteiger partial charge in [-0.2, -0.15) is 5.26 Å². The fourth-order valence-electron chi connectivity index (χ4n) is 5.90. The lowest BCUT2D eigenvalue weighted by Crippen LogP contribution is -2.62. The van der Waals surface area contributed by atoms with Crippen molar-refractivity contribution in [2.24, 2.45) is 0 Å². The molecular formula is C33H33N5O3S. The molecule has 5 rings (SSSR count). The van der Waals surface area contributed by atoms with Gasteiger partial charge in [-0.15, -0.1) is 11.3 Å². The van der Waals surface area contributed by atoms with Gasteiger partial charge in [0.25, 0.3) is 11.8 Å². The average molecular weight is 580 g/mol. The molecule has 1 fully saturated rings. The van der Waals surface area contributed by atoms with Crippen LogP contribution in [0.2, 0.25) is 0 Å². The summed E-state index contributed by atoms with van der Waals surface area (Å²) in [5, 5.41) is 32.2. The molecule has 0 atom stereocenters. The van der Waals surface area contributed by atoms with E-state index in [9.17, 15) is 20.0 Å². The van der Waals surface area contributed by atoms with E-state index in [4.69, 9.17) is 0 Å². The van der Waals surface area contributed by atoms with E-state index in [2.05, 4.69) is 54.7 Å². The second kappa shape index (κ2) is 11.4. The molecule has 0 bridgehead atoms. The Morgan fingerprint density at radius 1 is 0.976 bits per heavy atom. The minimum atomic E-state index is -0.393. The van der Waals surface area contributed by atoms with Gasteiger partial charge in [-0.1, -0.05) is 30.3 Å². The fourth-order valence-corrected chi connectivity index (χ4v) is 6.52. The summed E-state index contributed by atoms with van der Waals surface area (Å²) in [4.78, 5) is 31.5. The maximum atomic E-state index is 13.5. The predicted molar refractivity (Wildman–Crippen MR) is 166 cm³/mol. The van der Waals surface area contributed by atoms with Crippen molar-refractivity contribution in [1.29, 1.82) is 5.26 Å². The molecular weight excluding hydrogens is 546 g/mol. The Bertz CT molecular complexity index is 1670.